The van der Waals surface area contributed by atoms with Crippen LogP contribution in [0.3, 0.4) is 0 Å². The van der Waals surface area contributed by atoms with E-state index in [9.17, 15) is 35.0 Å². The maximum Gasteiger partial charge on any atom is 0.271 e. The Morgan fingerprint density at radius 3 is 2.62 bits per heavy atom. The normalized spacial score (nSPS) is 22.4. The zero-order valence-electron chi connectivity index (χ0n) is 22.1. The Morgan fingerprint density at radius 1 is 1.21 bits per heavy atom. The molecule has 0 saturated carbocycles. The Morgan fingerprint density at radius 2 is 1.97 bits per heavy atom. The van der Waals surface area contributed by atoms with Crippen LogP contribution in [0, 0.1) is 27.9 Å². The predicted molar refractivity (Wildman–Crippen MR) is 143 cm³/mol. The number of amides is 2. The average Bonchev–Trinajstić information content (AvgIpc) is 3.47. The minimum atomic E-state index is -0.928. The van der Waals surface area contributed by atoms with E-state index in [1.807, 2.05) is 13.0 Å². The van der Waals surface area contributed by atoms with Gasteiger partial charge in [-0.1, -0.05) is 30.6 Å². The average molecular weight is 539 g/mol. The molecule has 0 radical (unpaired) electrons. The molecular formula is C29H34N2O8. The first kappa shape index (κ1) is 28.4. The fraction of sp³-hybridized carbons (Fsp3) is 0.448. The van der Waals surface area contributed by atoms with E-state index in [-0.39, 0.29) is 24.4 Å². The lowest BCUT2D eigenvalue weighted by Gasteiger charge is -2.35. The fourth-order valence-corrected chi connectivity index (χ4v) is 5.94. The van der Waals surface area contributed by atoms with Crippen LogP contribution in [0.2, 0.25) is 0 Å². The van der Waals surface area contributed by atoms with Crippen LogP contribution in [0.25, 0.3) is 6.08 Å². The van der Waals surface area contributed by atoms with Gasteiger partial charge in [-0.3, -0.25) is 19.7 Å². The number of carbonyl (C=O) groups excluding carboxylic acids is 2. The number of furan rings is 1. The number of nitro benzene ring substituents is 1. The molecule has 1 aliphatic carbocycles. The number of nitro groups is 1. The lowest BCUT2D eigenvalue weighted by atomic mass is 9.68. The third kappa shape index (κ3) is 5.73. The molecule has 1 aromatic carbocycles. The third-order valence-corrected chi connectivity index (χ3v) is 7.68. The van der Waals surface area contributed by atoms with Gasteiger partial charge < -0.3 is 19.7 Å². The van der Waals surface area contributed by atoms with Crippen LogP contribution in [-0.2, 0) is 16.2 Å². The summed E-state index contributed by atoms with van der Waals surface area (Å²) in [7, 11) is 0. The van der Waals surface area contributed by atoms with Crippen molar-refractivity contribution < 1.29 is 34.2 Å². The Hall–Kier alpha value is -3.60. The number of carbonyl (C=O) groups is 2. The number of fused-ring (bicyclic) bond motifs is 1. The number of aliphatic hydroxyl groups excluding tert-OH is 3. The van der Waals surface area contributed by atoms with Crippen molar-refractivity contribution in [2.75, 3.05) is 11.5 Å². The van der Waals surface area contributed by atoms with Crippen molar-refractivity contribution in [1.29, 1.82) is 0 Å². The maximum absolute atomic E-state index is 13.5. The summed E-state index contributed by atoms with van der Waals surface area (Å²) in [6, 6.07) is 8.88. The topological polar surface area (TPSA) is 154 Å². The highest BCUT2D eigenvalue weighted by atomic mass is 16.6. The molecule has 1 fully saturated rings. The number of allylic oxidation sites excluding steroid dienone is 2. The summed E-state index contributed by atoms with van der Waals surface area (Å²) in [5.74, 6) is -2.19. The molecule has 0 spiro atoms. The van der Waals surface area contributed by atoms with Gasteiger partial charge in [0.25, 0.3) is 5.69 Å². The smallest absolute Gasteiger partial charge is 0.271 e. The van der Waals surface area contributed by atoms with Crippen molar-refractivity contribution in [2.24, 2.45) is 17.8 Å². The van der Waals surface area contributed by atoms with Crippen LogP contribution in [0.15, 0.2) is 57.5 Å². The Kier molecular flexibility index (Phi) is 8.79. The van der Waals surface area contributed by atoms with Crippen molar-refractivity contribution in [1.82, 2.24) is 0 Å². The number of aliphatic hydroxyl groups is 3. The van der Waals surface area contributed by atoms with E-state index in [1.54, 1.807) is 12.1 Å². The van der Waals surface area contributed by atoms with E-state index in [4.69, 9.17) is 4.42 Å². The molecule has 10 heteroatoms. The van der Waals surface area contributed by atoms with E-state index < -0.39 is 47.2 Å². The van der Waals surface area contributed by atoms with E-state index in [0.717, 1.165) is 28.9 Å². The summed E-state index contributed by atoms with van der Waals surface area (Å²) in [6.45, 7) is 3.26. The molecule has 4 atom stereocenters. The van der Waals surface area contributed by atoms with Gasteiger partial charge in [-0.05, 0) is 62.5 Å². The number of benzene rings is 1. The summed E-state index contributed by atoms with van der Waals surface area (Å²) < 4.78 is 5.58. The Labute approximate surface area is 226 Å². The zero-order chi connectivity index (χ0) is 28.3. The number of rotatable bonds is 11. The highest BCUT2D eigenvalue weighted by Gasteiger charge is 2.55. The maximum atomic E-state index is 13.5. The van der Waals surface area contributed by atoms with Crippen LogP contribution in [0.1, 0.15) is 57.5 Å². The zero-order valence-corrected chi connectivity index (χ0v) is 22.1. The number of hydrogen-bond acceptors (Lipinski definition) is 8. The van der Waals surface area contributed by atoms with Gasteiger partial charge in [-0.25, -0.2) is 4.90 Å². The molecule has 4 rings (SSSR count). The standard InChI is InChI=1S/C29H34N2O8/c1-3-5-18(13-21-9-10-22(15-32)39-21)8-11-25(34)26-17(2)12-23-27(24(26)16-33)29(36)30(28(23)35)19-6-4-7-20(14-19)31(37)38/h4,6-7,9-10,13-14,23-25,27,32-34H,3,5,8,11-12,15-16H2,1-2H3/b18-13+/t23-,24+,25-,27-/m1/s1. The molecule has 39 heavy (non-hydrogen) atoms. The second kappa shape index (κ2) is 12.1. The number of nitrogens with zero attached hydrogens (tertiary/aromatic N) is 2. The van der Waals surface area contributed by atoms with Gasteiger partial charge >= 0.3 is 0 Å². The van der Waals surface area contributed by atoms with E-state index in [1.165, 1.54) is 24.3 Å². The van der Waals surface area contributed by atoms with E-state index in [0.29, 0.717) is 29.9 Å². The number of non-ortho nitro benzene ring substituents is 1. The first-order valence-corrected chi connectivity index (χ1v) is 13.2. The number of hydrogen-bond donors (Lipinski definition) is 3. The minimum Gasteiger partial charge on any atom is -0.459 e. The molecule has 0 unspecified atom stereocenters. The van der Waals surface area contributed by atoms with Crippen molar-refractivity contribution in [3.05, 3.63) is 74.8 Å². The molecule has 10 nitrogen and oxygen atoms in total. The molecule has 2 aromatic rings. The minimum absolute atomic E-state index is 0.127. The van der Waals surface area contributed by atoms with Gasteiger partial charge in [-0.15, -0.1) is 0 Å². The lowest BCUT2D eigenvalue weighted by molar-refractivity contribution is -0.384. The van der Waals surface area contributed by atoms with Crippen LogP contribution in [0.5, 0.6) is 0 Å². The third-order valence-electron chi connectivity index (χ3n) is 7.68. The molecule has 2 amide bonds. The van der Waals surface area contributed by atoms with Gasteiger partial charge in [0.05, 0.1) is 35.2 Å². The molecular weight excluding hydrogens is 504 g/mol. The highest BCUT2D eigenvalue weighted by molar-refractivity contribution is 6.22. The molecule has 2 heterocycles. The summed E-state index contributed by atoms with van der Waals surface area (Å²) in [5.41, 5.74) is 2.31. The number of imide groups is 1. The molecule has 3 N–H and O–H groups in total. The SMILES string of the molecule is CCC/C(=C\c1ccc(CO)o1)CC[C@@H](O)C1=C(C)C[C@H]2C(=O)N(c3cccc([N+](=O)[O-])c3)C(=O)[C@H]2[C@H]1CO. The Balaban J connectivity index is 1.55. The fourth-order valence-electron chi connectivity index (χ4n) is 5.94. The van der Waals surface area contributed by atoms with Crippen LogP contribution in [-0.4, -0.2) is 44.8 Å². The van der Waals surface area contributed by atoms with Crippen LogP contribution in [0.4, 0.5) is 11.4 Å². The molecule has 0 bridgehead atoms. The highest BCUT2D eigenvalue weighted by Crippen LogP contribution is 2.47. The summed E-state index contributed by atoms with van der Waals surface area (Å²) in [4.78, 5) is 38.5. The van der Waals surface area contributed by atoms with Gasteiger partial charge in [-0.2, -0.15) is 0 Å². The van der Waals surface area contributed by atoms with Crippen molar-refractivity contribution in [2.45, 2.75) is 58.7 Å². The summed E-state index contributed by atoms with van der Waals surface area (Å²) in [5, 5.41) is 42.1. The van der Waals surface area contributed by atoms with Crippen LogP contribution < -0.4 is 4.90 Å². The van der Waals surface area contributed by atoms with Crippen molar-refractivity contribution >= 4 is 29.3 Å². The van der Waals surface area contributed by atoms with Crippen LogP contribution >= 0.6 is 0 Å². The summed E-state index contributed by atoms with van der Waals surface area (Å²) >= 11 is 0. The van der Waals surface area contributed by atoms with Crippen molar-refractivity contribution in [3.8, 4) is 0 Å². The second-order valence-corrected chi connectivity index (χ2v) is 10.2. The molecule has 1 aliphatic heterocycles. The van der Waals surface area contributed by atoms with Gasteiger partial charge in [0.2, 0.25) is 11.8 Å². The van der Waals surface area contributed by atoms with Gasteiger partial charge in [0.1, 0.15) is 18.1 Å². The lowest BCUT2D eigenvalue weighted by Crippen LogP contribution is -2.38. The predicted octanol–water partition coefficient (Wildman–Crippen LogP) is 4.14. The van der Waals surface area contributed by atoms with Gasteiger partial charge in [0.15, 0.2) is 0 Å². The monoisotopic (exact) mass is 538 g/mol. The van der Waals surface area contributed by atoms with E-state index >= 15 is 0 Å². The first-order valence-electron chi connectivity index (χ1n) is 13.2. The molecule has 1 aromatic heterocycles. The molecule has 1 saturated heterocycles. The molecule has 208 valence electrons. The summed E-state index contributed by atoms with van der Waals surface area (Å²) in [6.07, 6.45) is 3.84. The first-order chi connectivity index (χ1) is 18.7. The quantitative estimate of drug-likeness (QED) is 0.167. The van der Waals surface area contributed by atoms with Crippen molar-refractivity contribution in [3.63, 3.8) is 0 Å². The Bertz CT molecular complexity index is 1310. The van der Waals surface area contributed by atoms with Gasteiger partial charge in [0, 0.05) is 18.1 Å². The molecule has 2 aliphatic rings. The van der Waals surface area contributed by atoms with E-state index in [2.05, 4.69) is 6.92 Å². The largest absolute Gasteiger partial charge is 0.459 e. The number of anilines is 1. The second-order valence-electron chi connectivity index (χ2n) is 10.2.